The van der Waals surface area contributed by atoms with Crippen molar-refractivity contribution in [3.05, 3.63) is 66.7 Å². The van der Waals surface area contributed by atoms with Crippen LogP contribution in [0.2, 0.25) is 0 Å². The van der Waals surface area contributed by atoms with Crippen LogP contribution in [0, 0.1) is 0 Å². The molecule has 3 aromatic rings. The predicted octanol–water partition coefficient (Wildman–Crippen LogP) is 4.48. The molecule has 1 amide bonds. The third kappa shape index (κ3) is 7.74. The van der Waals surface area contributed by atoms with E-state index in [-0.39, 0.29) is 23.8 Å². The maximum Gasteiger partial charge on any atom is 0.422 e. The molecule has 3 rings (SSSR count). The van der Waals surface area contributed by atoms with Crippen LogP contribution in [0.15, 0.2) is 61.2 Å². The highest BCUT2D eigenvalue weighted by atomic mass is 19.4. The van der Waals surface area contributed by atoms with Crippen molar-refractivity contribution in [1.29, 1.82) is 0 Å². The molecule has 0 bridgehead atoms. The van der Waals surface area contributed by atoms with E-state index >= 15 is 0 Å². The van der Waals surface area contributed by atoms with E-state index in [1.54, 1.807) is 42.9 Å². The molecule has 33 heavy (non-hydrogen) atoms. The summed E-state index contributed by atoms with van der Waals surface area (Å²) in [6, 6.07) is 11.7. The number of nitrogens with zero attached hydrogens (tertiary/aromatic N) is 2. The molecule has 10 heteroatoms. The third-order valence-corrected chi connectivity index (χ3v) is 4.59. The fourth-order valence-corrected chi connectivity index (χ4v) is 2.99. The van der Waals surface area contributed by atoms with Crippen LogP contribution in [0.4, 0.5) is 18.9 Å². The average Bonchev–Trinajstić information content (AvgIpc) is 3.30. The molecule has 0 unspecified atom stereocenters. The van der Waals surface area contributed by atoms with Gasteiger partial charge in [0.2, 0.25) is 5.91 Å². The second-order valence-corrected chi connectivity index (χ2v) is 7.08. The Morgan fingerprint density at radius 1 is 1.09 bits per heavy atom. The normalized spacial score (nSPS) is 11.2. The molecule has 0 radical (unpaired) electrons. The van der Waals surface area contributed by atoms with Gasteiger partial charge in [0, 0.05) is 18.8 Å². The number of ether oxygens (including phenoxy) is 3. The summed E-state index contributed by atoms with van der Waals surface area (Å²) in [7, 11) is 1.34. The number of carbonyl (C=O) groups excluding carboxylic acids is 1. The Morgan fingerprint density at radius 3 is 2.64 bits per heavy atom. The first kappa shape index (κ1) is 24.0. The summed E-state index contributed by atoms with van der Waals surface area (Å²) in [4.78, 5) is 16.4. The number of amides is 1. The number of anilines is 1. The largest absolute Gasteiger partial charge is 0.493 e. The van der Waals surface area contributed by atoms with Crippen molar-refractivity contribution in [3.8, 4) is 17.2 Å². The summed E-state index contributed by atoms with van der Waals surface area (Å²) < 4.78 is 54.7. The van der Waals surface area contributed by atoms with Crippen LogP contribution in [0.5, 0.6) is 17.2 Å². The maximum atomic E-state index is 12.5. The zero-order valence-corrected chi connectivity index (χ0v) is 18.0. The average molecular weight is 463 g/mol. The van der Waals surface area contributed by atoms with E-state index in [2.05, 4.69) is 10.3 Å². The maximum absolute atomic E-state index is 12.5. The molecule has 1 heterocycles. The number of rotatable bonds is 11. The Labute approximate surface area is 189 Å². The molecule has 0 fully saturated rings. The molecular weight excluding hydrogens is 439 g/mol. The molecule has 176 valence electrons. The topological polar surface area (TPSA) is 74.6 Å². The van der Waals surface area contributed by atoms with Gasteiger partial charge in [-0.15, -0.1) is 0 Å². The minimum absolute atomic E-state index is 0.00945. The summed E-state index contributed by atoms with van der Waals surface area (Å²) in [5.41, 5.74) is 1.29. The van der Waals surface area contributed by atoms with E-state index in [0.29, 0.717) is 31.0 Å². The Morgan fingerprint density at radius 2 is 1.91 bits per heavy atom. The Hall–Kier alpha value is -3.69. The summed E-state index contributed by atoms with van der Waals surface area (Å²) >= 11 is 0. The lowest BCUT2D eigenvalue weighted by atomic mass is 10.1. The number of hydrogen-bond acceptors (Lipinski definition) is 5. The summed E-state index contributed by atoms with van der Waals surface area (Å²) in [6.45, 7) is -0.381. The highest BCUT2D eigenvalue weighted by molar-refractivity contribution is 5.92. The van der Waals surface area contributed by atoms with Crippen LogP contribution < -0.4 is 19.5 Å². The number of hydrogen-bond donors (Lipinski definition) is 1. The standard InChI is InChI=1S/C23H24F3N3O4/c1-31-21-14-17(6-8-20(21)33-15-23(24,25)26)7-9-22(30)28-18-4-2-3-5-19(18)32-13-12-29-11-10-27-16-29/h2-6,8,10-11,14,16H,7,9,12-13,15H2,1H3,(H,28,30). The van der Waals surface area contributed by atoms with Crippen molar-refractivity contribution in [2.24, 2.45) is 0 Å². The van der Waals surface area contributed by atoms with Gasteiger partial charge >= 0.3 is 6.18 Å². The smallest absolute Gasteiger partial charge is 0.422 e. The minimum Gasteiger partial charge on any atom is -0.493 e. The highest BCUT2D eigenvalue weighted by Gasteiger charge is 2.29. The Kier molecular flexibility index (Phi) is 8.17. The van der Waals surface area contributed by atoms with Crippen LogP contribution in [0.3, 0.4) is 0 Å². The molecule has 0 saturated heterocycles. The number of methoxy groups -OCH3 is 1. The first-order chi connectivity index (χ1) is 15.8. The van der Waals surface area contributed by atoms with Gasteiger partial charge in [-0.25, -0.2) is 4.98 Å². The van der Waals surface area contributed by atoms with Crippen molar-refractivity contribution >= 4 is 11.6 Å². The fourth-order valence-electron chi connectivity index (χ4n) is 2.99. The zero-order chi connectivity index (χ0) is 23.7. The number of carbonyl (C=O) groups is 1. The zero-order valence-electron chi connectivity index (χ0n) is 18.0. The molecule has 0 aliphatic heterocycles. The lowest BCUT2D eigenvalue weighted by Crippen LogP contribution is -2.19. The molecule has 0 aliphatic rings. The van der Waals surface area contributed by atoms with Gasteiger partial charge in [0.25, 0.3) is 0 Å². The number of aromatic nitrogens is 2. The predicted molar refractivity (Wildman–Crippen MR) is 116 cm³/mol. The molecule has 0 saturated carbocycles. The molecular formula is C23H24F3N3O4. The molecule has 1 N–H and O–H groups in total. The highest BCUT2D eigenvalue weighted by Crippen LogP contribution is 2.30. The summed E-state index contributed by atoms with van der Waals surface area (Å²) in [6.07, 6.45) is 1.30. The van der Waals surface area contributed by atoms with E-state index in [9.17, 15) is 18.0 Å². The van der Waals surface area contributed by atoms with Gasteiger partial charge in [-0.3, -0.25) is 4.79 Å². The Balaban J connectivity index is 1.53. The SMILES string of the molecule is COc1cc(CCC(=O)Nc2ccccc2OCCn2ccnc2)ccc1OCC(F)(F)F. The number of alkyl halides is 3. The fraction of sp³-hybridized carbons (Fsp3) is 0.304. The van der Waals surface area contributed by atoms with Gasteiger partial charge in [-0.05, 0) is 36.2 Å². The van der Waals surface area contributed by atoms with Gasteiger partial charge in [0.05, 0.1) is 25.7 Å². The minimum atomic E-state index is -4.44. The van der Waals surface area contributed by atoms with Crippen molar-refractivity contribution in [2.45, 2.75) is 25.6 Å². The Bertz CT molecular complexity index is 1040. The van der Waals surface area contributed by atoms with Crippen LogP contribution in [0.1, 0.15) is 12.0 Å². The third-order valence-electron chi connectivity index (χ3n) is 4.59. The van der Waals surface area contributed by atoms with Crippen molar-refractivity contribution in [1.82, 2.24) is 9.55 Å². The van der Waals surface area contributed by atoms with Gasteiger partial charge < -0.3 is 24.1 Å². The van der Waals surface area contributed by atoms with Gasteiger partial charge in [0.1, 0.15) is 12.4 Å². The van der Waals surface area contributed by atoms with Crippen molar-refractivity contribution in [3.63, 3.8) is 0 Å². The van der Waals surface area contributed by atoms with Gasteiger partial charge in [0.15, 0.2) is 18.1 Å². The van der Waals surface area contributed by atoms with Crippen molar-refractivity contribution < 1.29 is 32.2 Å². The molecule has 0 atom stereocenters. The van der Waals surface area contributed by atoms with E-state index in [1.807, 2.05) is 16.8 Å². The van der Waals surface area contributed by atoms with Crippen LogP contribution >= 0.6 is 0 Å². The second kappa shape index (κ2) is 11.3. The van der Waals surface area contributed by atoms with Crippen LogP contribution in [0.25, 0.3) is 0 Å². The van der Waals surface area contributed by atoms with E-state index < -0.39 is 12.8 Å². The number of para-hydroxylation sites is 2. The first-order valence-corrected chi connectivity index (χ1v) is 10.2. The molecule has 0 spiro atoms. The number of benzene rings is 2. The number of aryl methyl sites for hydroxylation is 1. The number of nitrogens with one attached hydrogen (secondary N) is 1. The van der Waals surface area contributed by atoms with E-state index in [4.69, 9.17) is 14.2 Å². The van der Waals surface area contributed by atoms with Gasteiger partial charge in [-0.1, -0.05) is 18.2 Å². The van der Waals surface area contributed by atoms with Crippen LogP contribution in [-0.2, 0) is 17.8 Å². The van der Waals surface area contributed by atoms with Crippen LogP contribution in [-0.4, -0.2) is 42.0 Å². The second-order valence-electron chi connectivity index (χ2n) is 7.08. The van der Waals surface area contributed by atoms with E-state index in [0.717, 1.165) is 5.56 Å². The molecule has 2 aromatic carbocycles. The number of imidazole rings is 1. The molecule has 7 nitrogen and oxygen atoms in total. The monoisotopic (exact) mass is 463 g/mol. The lowest BCUT2D eigenvalue weighted by Gasteiger charge is -2.14. The summed E-state index contributed by atoms with van der Waals surface area (Å²) in [5, 5.41) is 2.84. The first-order valence-electron chi connectivity index (χ1n) is 10.2. The van der Waals surface area contributed by atoms with E-state index in [1.165, 1.54) is 13.2 Å². The van der Waals surface area contributed by atoms with Gasteiger partial charge in [-0.2, -0.15) is 13.2 Å². The molecule has 1 aromatic heterocycles. The quantitative estimate of drug-likeness (QED) is 0.454. The van der Waals surface area contributed by atoms with Crippen molar-refractivity contribution in [2.75, 3.05) is 25.6 Å². The molecule has 0 aliphatic carbocycles. The summed E-state index contributed by atoms with van der Waals surface area (Å²) in [5.74, 6) is 0.495. The lowest BCUT2D eigenvalue weighted by molar-refractivity contribution is -0.153. The number of halogens is 3.